The fraction of sp³-hybridized carbons (Fsp3) is 0.273. The van der Waals surface area contributed by atoms with Gasteiger partial charge in [0.05, 0.1) is 20.8 Å². The smallest absolute Gasteiger partial charge is 0.333 e. The Bertz CT molecular complexity index is 1060. The van der Waals surface area contributed by atoms with E-state index in [0.29, 0.717) is 12.2 Å². The maximum absolute atomic E-state index is 12.8. The molecule has 3 rings (SSSR count). The van der Waals surface area contributed by atoms with Crippen molar-refractivity contribution in [3.05, 3.63) is 53.7 Å². The minimum Gasteiger partial charge on any atom is -0.504 e. The maximum atomic E-state index is 12.8. The summed E-state index contributed by atoms with van der Waals surface area (Å²) in [5, 5.41) is 13.3. The van der Waals surface area contributed by atoms with Crippen molar-refractivity contribution >= 4 is 22.8 Å². The number of benzene rings is 2. The number of ether oxygens (including phenoxy) is 3. The summed E-state index contributed by atoms with van der Waals surface area (Å²) >= 11 is 0. The standard InChI is InChI=1S/C22H24N2O6/c1-4-9-30-15-6-7-16-14(10-15)11-17(23-16)21(26)24-20(22(27)29-3)13-5-8-18(25)19(12-13)28-2/h5-8,10-12,20,23,25H,4,9H2,1-3H3,(H,24,26). The molecule has 0 fully saturated rings. The molecule has 30 heavy (non-hydrogen) atoms. The van der Waals surface area contributed by atoms with Gasteiger partial charge < -0.3 is 29.6 Å². The fourth-order valence-corrected chi connectivity index (χ4v) is 3.02. The van der Waals surface area contributed by atoms with Gasteiger partial charge in [-0.1, -0.05) is 13.0 Å². The van der Waals surface area contributed by atoms with Gasteiger partial charge in [0.15, 0.2) is 17.5 Å². The van der Waals surface area contributed by atoms with Crippen LogP contribution in [0.25, 0.3) is 10.9 Å². The van der Waals surface area contributed by atoms with E-state index in [9.17, 15) is 14.7 Å². The molecule has 1 unspecified atom stereocenters. The van der Waals surface area contributed by atoms with Crippen LogP contribution in [0.2, 0.25) is 0 Å². The largest absolute Gasteiger partial charge is 0.504 e. The Hall–Kier alpha value is -3.68. The highest BCUT2D eigenvalue weighted by Gasteiger charge is 2.26. The average Bonchev–Trinajstić information content (AvgIpc) is 3.19. The Morgan fingerprint density at radius 3 is 2.63 bits per heavy atom. The first kappa shape index (κ1) is 21.0. The van der Waals surface area contributed by atoms with E-state index in [2.05, 4.69) is 10.3 Å². The molecule has 0 aliphatic heterocycles. The molecule has 0 aliphatic rings. The summed E-state index contributed by atoms with van der Waals surface area (Å²) in [5.41, 5.74) is 1.47. The first-order chi connectivity index (χ1) is 14.5. The first-order valence-electron chi connectivity index (χ1n) is 9.48. The number of fused-ring (bicyclic) bond motifs is 1. The third-order valence-electron chi connectivity index (χ3n) is 4.56. The van der Waals surface area contributed by atoms with Crippen molar-refractivity contribution in [1.29, 1.82) is 0 Å². The van der Waals surface area contributed by atoms with E-state index in [0.717, 1.165) is 23.1 Å². The number of H-pyrrole nitrogens is 1. The van der Waals surface area contributed by atoms with Gasteiger partial charge in [-0.3, -0.25) is 4.79 Å². The summed E-state index contributed by atoms with van der Waals surface area (Å²) in [6, 6.07) is 10.5. The molecular formula is C22H24N2O6. The average molecular weight is 412 g/mol. The third kappa shape index (κ3) is 4.48. The molecule has 0 aliphatic carbocycles. The number of aromatic nitrogens is 1. The lowest BCUT2D eigenvalue weighted by Crippen LogP contribution is -2.34. The molecule has 0 saturated heterocycles. The van der Waals surface area contributed by atoms with Crippen molar-refractivity contribution in [2.45, 2.75) is 19.4 Å². The van der Waals surface area contributed by atoms with Gasteiger partial charge in [-0.15, -0.1) is 0 Å². The number of phenols is 1. The molecule has 3 N–H and O–H groups in total. The summed E-state index contributed by atoms with van der Waals surface area (Å²) in [7, 11) is 2.63. The molecule has 0 radical (unpaired) electrons. The van der Waals surface area contributed by atoms with Gasteiger partial charge in [0.2, 0.25) is 0 Å². The molecule has 0 spiro atoms. The van der Waals surface area contributed by atoms with Gasteiger partial charge in [0.25, 0.3) is 5.91 Å². The van der Waals surface area contributed by atoms with Crippen LogP contribution in [0.3, 0.4) is 0 Å². The second kappa shape index (κ2) is 9.21. The lowest BCUT2D eigenvalue weighted by Gasteiger charge is -2.17. The van der Waals surface area contributed by atoms with Gasteiger partial charge >= 0.3 is 5.97 Å². The van der Waals surface area contributed by atoms with E-state index in [-0.39, 0.29) is 17.2 Å². The van der Waals surface area contributed by atoms with E-state index >= 15 is 0 Å². The van der Waals surface area contributed by atoms with E-state index in [4.69, 9.17) is 14.2 Å². The summed E-state index contributed by atoms with van der Waals surface area (Å²) in [6.07, 6.45) is 0.899. The molecule has 1 aromatic heterocycles. The van der Waals surface area contributed by atoms with Gasteiger partial charge in [-0.2, -0.15) is 0 Å². The number of carbonyl (C=O) groups excluding carboxylic acids is 2. The number of hydrogen-bond donors (Lipinski definition) is 3. The van der Waals surface area contributed by atoms with Gasteiger partial charge in [-0.25, -0.2) is 4.79 Å². The number of esters is 1. The SMILES string of the molecule is CCCOc1ccc2[nH]c(C(=O)NC(C(=O)OC)c3ccc(O)c(OC)c3)cc2c1. The molecule has 8 heteroatoms. The lowest BCUT2D eigenvalue weighted by atomic mass is 10.1. The van der Waals surface area contributed by atoms with E-state index in [1.54, 1.807) is 6.07 Å². The predicted octanol–water partition coefficient (Wildman–Crippen LogP) is 3.32. The van der Waals surface area contributed by atoms with Crippen LogP contribution < -0.4 is 14.8 Å². The van der Waals surface area contributed by atoms with Crippen LogP contribution in [0.5, 0.6) is 17.2 Å². The second-order valence-electron chi connectivity index (χ2n) is 6.64. The van der Waals surface area contributed by atoms with Crippen molar-refractivity contribution < 1.29 is 28.9 Å². The number of methoxy groups -OCH3 is 2. The highest BCUT2D eigenvalue weighted by molar-refractivity contribution is 6.00. The molecule has 3 aromatic rings. The number of rotatable bonds is 8. The van der Waals surface area contributed by atoms with E-state index in [1.165, 1.54) is 32.4 Å². The second-order valence-corrected chi connectivity index (χ2v) is 6.64. The third-order valence-corrected chi connectivity index (χ3v) is 4.56. The fourth-order valence-electron chi connectivity index (χ4n) is 3.02. The zero-order valence-corrected chi connectivity index (χ0v) is 17.0. The Labute approximate surface area is 173 Å². The highest BCUT2D eigenvalue weighted by atomic mass is 16.5. The van der Waals surface area contributed by atoms with Gasteiger partial charge in [-0.05, 0) is 48.4 Å². The van der Waals surface area contributed by atoms with Gasteiger partial charge in [0, 0.05) is 10.9 Å². The van der Waals surface area contributed by atoms with Crippen LogP contribution in [0.15, 0.2) is 42.5 Å². The quantitative estimate of drug-likeness (QED) is 0.490. The number of carbonyl (C=O) groups is 2. The summed E-state index contributed by atoms with van der Waals surface area (Å²) < 4.78 is 15.5. The van der Waals surface area contributed by atoms with Crippen molar-refractivity contribution in [3.63, 3.8) is 0 Å². The van der Waals surface area contributed by atoms with Crippen molar-refractivity contribution in [1.82, 2.24) is 10.3 Å². The minimum atomic E-state index is -1.08. The normalized spacial score (nSPS) is 11.7. The molecule has 8 nitrogen and oxygen atoms in total. The zero-order chi connectivity index (χ0) is 21.7. The summed E-state index contributed by atoms with van der Waals surface area (Å²) in [6.45, 7) is 2.64. The zero-order valence-electron chi connectivity index (χ0n) is 17.0. The summed E-state index contributed by atoms with van der Waals surface area (Å²) in [4.78, 5) is 28.2. The highest BCUT2D eigenvalue weighted by Crippen LogP contribution is 2.30. The van der Waals surface area contributed by atoms with Crippen molar-refractivity contribution in [3.8, 4) is 17.2 Å². The Kier molecular flexibility index (Phi) is 6.46. The monoisotopic (exact) mass is 412 g/mol. The van der Waals surface area contributed by atoms with Crippen molar-refractivity contribution in [2.24, 2.45) is 0 Å². The number of nitrogens with one attached hydrogen (secondary N) is 2. The molecular weight excluding hydrogens is 388 g/mol. The van der Waals surface area contributed by atoms with Crippen molar-refractivity contribution in [2.75, 3.05) is 20.8 Å². The van der Waals surface area contributed by atoms with E-state index in [1.807, 2.05) is 25.1 Å². The molecule has 1 atom stereocenters. The first-order valence-corrected chi connectivity index (χ1v) is 9.48. The van der Waals surface area contributed by atoms with Crippen LogP contribution in [-0.2, 0) is 9.53 Å². The van der Waals surface area contributed by atoms with Crippen LogP contribution >= 0.6 is 0 Å². The summed E-state index contributed by atoms with van der Waals surface area (Å²) in [5.74, 6) is -0.306. The van der Waals surface area contributed by atoms with Crippen LogP contribution in [0.4, 0.5) is 0 Å². The lowest BCUT2D eigenvalue weighted by molar-refractivity contribution is -0.143. The molecule has 1 amide bonds. The number of amides is 1. The van der Waals surface area contributed by atoms with Crippen LogP contribution in [0, 0.1) is 0 Å². The Morgan fingerprint density at radius 1 is 1.13 bits per heavy atom. The number of aromatic amines is 1. The van der Waals surface area contributed by atoms with Crippen LogP contribution in [-0.4, -0.2) is 42.8 Å². The molecule has 158 valence electrons. The predicted molar refractivity (Wildman–Crippen MR) is 111 cm³/mol. The van der Waals surface area contributed by atoms with Crippen LogP contribution in [0.1, 0.15) is 35.4 Å². The van der Waals surface area contributed by atoms with E-state index < -0.39 is 17.9 Å². The van der Waals surface area contributed by atoms with Gasteiger partial charge in [0.1, 0.15) is 11.4 Å². The molecule has 0 bridgehead atoms. The molecule has 0 saturated carbocycles. The Morgan fingerprint density at radius 2 is 1.93 bits per heavy atom. The Balaban J connectivity index is 1.86. The number of hydrogen-bond acceptors (Lipinski definition) is 6. The molecule has 1 heterocycles. The number of aromatic hydroxyl groups is 1. The minimum absolute atomic E-state index is 0.0760. The molecule has 2 aromatic carbocycles. The maximum Gasteiger partial charge on any atom is 0.333 e. The topological polar surface area (TPSA) is 110 Å². The number of phenolic OH excluding ortho intramolecular Hbond substituents is 1.